The average molecular weight is 228 g/mol. The van der Waals surface area contributed by atoms with Gasteiger partial charge in [-0.05, 0) is 10.9 Å². The van der Waals surface area contributed by atoms with Crippen molar-refractivity contribution in [3.05, 3.63) is 12.2 Å². The average Bonchev–Trinajstić information content (AvgIpc) is 1.84. The Kier molecular flexibility index (Phi) is 1.53. The minimum atomic E-state index is 0.0406. The van der Waals surface area contributed by atoms with Crippen LogP contribution in [0.4, 0.5) is 0 Å². The van der Waals surface area contributed by atoms with Gasteiger partial charge in [-0.2, -0.15) is 0 Å². The Morgan fingerprint density at radius 2 is 2.43 bits per heavy atom. The molecule has 40 valence electrons. The van der Waals surface area contributed by atoms with Gasteiger partial charge in [0.25, 0.3) is 0 Å². The van der Waals surface area contributed by atoms with Crippen molar-refractivity contribution in [2.45, 2.75) is 9.80 Å². The van der Waals surface area contributed by atoms with Gasteiger partial charge in [-0.3, -0.25) is 0 Å². The molecule has 0 aromatic rings. The molecule has 0 aliphatic carbocycles. The maximum atomic E-state index is 5.90. The summed E-state index contributed by atoms with van der Waals surface area (Å²) in [5.74, 6) is 0. The zero-order chi connectivity index (χ0) is 5.33. The van der Waals surface area contributed by atoms with Crippen molar-refractivity contribution < 1.29 is 0 Å². The standard InChI is InChI=1S/C5H6ClI/c1-5(6)3-2-4-7-5/h2-4H,1H3. The van der Waals surface area contributed by atoms with Gasteiger partial charge in [0.1, 0.15) is 2.88 Å². The molecule has 0 bridgehead atoms. The van der Waals surface area contributed by atoms with Crippen LogP contribution in [0.25, 0.3) is 0 Å². The highest BCUT2D eigenvalue weighted by molar-refractivity contribution is 14.2. The Balaban J connectivity index is 2.77. The molecule has 0 aromatic heterocycles. The molecule has 0 saturated heterocycles. The third kappa shape index (κ3) is 1.53. The van der Waals surface area contributed by atoms with Crippen molar-refractivity contribution in [2.24, 2.45) is 0 Å². The van der Waals surface area contributed by atoms with Crippen molar-refractivity contribution in [3.63, 3.8) is 0 Å². The fourth-order valence-corrected chi connectivity index (χ4v) is 2.33. The lowest BCUT2D eigenvalue weighted by molar-refractivity contribution is 1.20. The van der Waals surface area contributed by atoms with E-state index in [1.807, 2.05) is 0 Å². The molecule has 1 atom stereocenters. The van der Waals surface area contributed by atoms with Gasteiger partial charge in [-0.1, -0.05) is 32.9 Å². The number of hydrogen-bond donors (Lipinski definition) is 0. The van der Waals surface area contributed by atoms with Crippen LogP contribution in [0, 0.1) is 0 Å². The highest BCUT2D eigenvalue weighted by Crippen LogP contribution is 2.33. The van der Waals surface area contributed by atoms with E-state index in [1.165, 1.54) is 0 Å². The largest absolute Gasteiger partial charge is 0.106 e. The molecule has 2 heteroatoms. The first-order valence-corrected chi connectivity index (χ1v) is 4.75. The first-order chi connectivity index (χ1) is 3.21. The Hall–Kier alpha value is 0.630. The fourth-order valence-electron chi connectivity index (χ4n) is 0.401. The maximum Gasteiger partial charge on any atom is 0.106 e. The SMILES string of the molecule is CC1(Cl)C=CC=I1. The quantitative estimate of drug-likeness (QED) is 0.441. The van der Waals surface area contributed by atoms with Crippen LogP contribution >= 0.6 is 32.3 Å². The molecule has 0 saturated carbocycles. The van der Waals surface area contributed by atoms with Crippen molar-refractivity contribution in [1.29, 1.82) is 0 Å². The van der Waals surface area contributed by atoms with E-state index >= 15 is 0 Å². The number of rotatable bonds is 0. The van der Waals surface area contributed by atoms with Crippen molar-refractivity contribution in [2.75, 3.05) is 0 Å². The Bertz CT molecular complexity index is 110. The highest BCUT2D eigenvalue weighted by atomic mass is 127. The minimum absolute atomic E-state index is 0.0406. The second kappa shape index (κ2) is 1.86. The van der Waals surface area contributed by atoms with Crippen LogP contribution < -0.4 is 0 Å². The molecule has 0 N–H and O–H groups in total. The summed E-state index contributed by atoms with van der Waals surface area (Å²) >= 11 is 6.02. The molecule has 1 unspecified atom stereocenters. The lowest BCUT2D eigenvalue weighted by Gasteiger charge is -2.03. The third-order valence-electron chi connectivity index (χ3n) is 0.738. The van der Waals surface area contributed by atoms with Crippen LogP contribution in [0.3, 0.4) is 0 Å². The van der Waals surface area contributed by atoms with Crippen LogP contribution in [0.5, 0.6) is 0 Å². The van der Waals surface area contributed by atoms with Gasteiger partial charge in [0.2, 0.25) is 0 Å². The summed E-state index contributed by atoms with van der Waals surface area (Å²) in [6, 6.07) is 0. The van der Waals surface area contributed by atoms with Gasteiger partial charge in [0.05, 0.1) is 0 Å². The van der Waals surface area contributed by atoms with Crippen molar-refractivity contribution in [1.82, 2.24) is 0 Å². The number of hydrogen-bond acceptors (Lipinski definition) is 0. The second-order valence-electron chi connectivity index (χ2n) is 1.55. The van der Waals surface area contributed by atoms with E-state index in [0.29, 0.717) is 0 Å². The molecule has 0 aromatic carbocycles. The molecule has 0 radical (unpaired) electrons. The molecule has 0 spiro atoms. The Morgan fingerprint density at radius 3 is 2.57 bits per heavy atom. The molecule has 0 nitrogen and oxygen atoms in total. The van der Waals surface area contributed by atoms with E-state index in [2.05, 4.69) is 23.1 Å². The molecule has 1 aliphatic heterocycles. The van der Waals surface area contributed by atoms with E-state index in [4.69, 9.17) is 11.6 Å². The summed E-state index contributed by atoms with van der Waals surface area (Å²) in [5.41, 5.74) is 0. The predicted octanol–water partition coefficient (Wildman–Crippen LogP) is 2.28. The molecule has 1 aliphatic rings. The summed E-state index contributed by atoms with van der Waals surface area (Å²) in [6.45, 7) is 2.06. The molecular weight excluding hydrogens is 222 g/mol. The van der Waals surface area contributed by atoms with Crippen LogP contribution in [-0.4, -0.2) is 6.89 Å². The zero-order valence-electron chi connectivity index (χ0n) is 3.99. The molecule has 1 heterocycles. The first kappa shape index (κ1) is 5.76. The minimum Gasteiger partial charge on any atom is -0.104 e. The molecule has 7 heavy (non-hydrogen) atoms. The first-order valence-electron chi connectivity index (χ1n) is 2.05. The van der Waals surface area contributed by atoms with Gasteiger partial charge >= 0.3 is 0 Å². The Morgan fingerprint density at radius 1 is 1.71 bits per heavy atom. The summed E-state index contributed by atoms with van der Waals surface area (Å²) < 4.78 is 2.23. The third-order valence-corrected chi connectivity index (χ3v) is 3.77. The van der Waals surface area contributed by atoms with Gasteiger partial charge in [-0.15, -0.1) is 11.6 Å². The van der Waals surface area contributed by atoms with Gasteiger partial charge in [-0.25, -0.2) is 0 Å². The Labute approximate surface area is 58.3 Å². The summed E-state index contributed by atoms with van der Waals surface area (Å²) in [4.78, 5) is 0. The second-order valence-corrected chi connectivity index (χ2v) is 6.56. The summed E-state index contributed by atoms with van der Waals surface area (Å²) in [7, 11) is 0. The number of allylic oxidation sites excluding steroid dienone is 2. The van der Waals surface area contributed by atoms with E-state index in [9.17, 15) is 0 Å². The lowest BCUT2D eigenvalue weighted by Crippen LogP contribution is -1.95. The summed E-state index contributed by atoms with van der Waals surface area (Å²) in [5, 5.41) is 0. The van der Waals surface area contributed by atoms with Gasteiger partial charge in [0, 0.05) is 0 Å². The number of alkyl halides is 2. The zero-order valence-corrected chi connectivity index (χ0v) is 6.90. The molecule has 0 amide bonds. The highest BCUT2D eigenvalue weighted by Gasteiger charge is 2.14. The monoisotopic (exact) mass is 228 g/mol. The van der Waals surface area contributed by atoms with Crippen LogP contribution in [0.15, 0.2) is 12.2 Å². The normalized spacial score (nSPS) is 38.6. The van der Waals surface area contributed by atoms with Gasteiger partial charge < -0.3 is 0 Å². The maximum absolute atomic E-state index is 5.90. The molecular formula is C5H6ClI. The number of halogens is 2. The van der Waals surface area contributed by atoms with E-state index in [1.54, 1.807) is 0 Å². The predicted molar refractivity (Wildman–Crippen MR) is 43.5 cm³/mol. The van der Waals surface area contributed by atoms with Crippen molar-refractivity contribution >= 4 is 36.3 Å². The van der Waals surface area contributed by atoms with Crippen molar-refractivity contribution in [3.8, 4) is 0 Å². The molecule has 0 fully saturated rings. The van der Waals surface area contributed by atoms with Gasteiger partial charge in [0.15, 0.2) is 0 Å². The molecule has 1 rings (SSSR count). The van der Waals surface area contributed by atoms with Crippen LogP contribution in [0.1, 0.15) is 6.92 Å². The van der Waals surface area contributed by atoms with E-state index in [-0.39, 0.29) is 23.6 Å². The topological polar surface area (TPSA) is 0 Å². The van der Waals surface area contributed by atoms with E-state index < -0.39 is 0 Å². The van der Waals surface area contributed by atoms with E-state index in [0.717, 1.165) is 0 Å². The summed E-state index contributed by atoms with van der Waals surface area (Å²) in [6.07, 6.45) is 4.11. The smallest absolute Gasteiger partial charge is 0.104 e. The fraction of sp³-hybridized carbons (Fsp3) is 0.400. The lowest BCUT2D eigenvalue weighted by atomic mass is 10.4. The van der Waals surface area contributed by atoms with Crippen LogP contribution in [0.2, 0.25) is 0 Å². The van der Waals surface area contributed by atoms with Crippen LogP contribution in [-0.2, 0) is 0 Å².